The predicted octanol–water partition coefficient (Wildman–Crippen LogP) is 4.56. The van der Waals surface area contributed by atoms with Gasteiger partial charge in [0.15, 0.2) is 5.82 Å². The minimum atomic E-state index is -4.01. The average molecular weight is 566 g/mol. The van der Waals surface area contributed by atoms with E-state index in [0.717, 1.165) is 6.07 Å². The van der Waals surface area contributed by atoms with Crippen LogP contribution in [0.1, 0.15) is 15.9 Å². The van der Waals surface area contributed by atoms with Gasteiger partial charge in [-0.2, -0.15) is 4.68 Å². The summed E-state index contributed by atoms with van der Waals surface area (Å²) >= 11 is 0. The number of anilines is 1. The first-order valence-electron chi connectivity index (χ1n) is 10.2. The SMILES string of the molecule is O=C(Nc1cc(OCc2cccc(S(=O)(=O)Cl)c2)n(-c2ccccc2)n1)c1cccc(S(=O)(=O)Cl)c1. The van der Waals surface area contributed by atoms with E-state index < -0.39 is 24.0 Å². The molecule has 0 bridgehead atoms. The van der Waals surface area contributed by atoms with Crippen molar-refractivity contribution in [1.82, 2.24) is 9.78 Å². The maximum atomic E-state index is 12.8. The van der Waals surface area contributed by atoms with Crippen molar-refractivity contribution in [3.63, 3.8) is 0 Å². The zero-order valence-electron chi connectivity index (χ0n) is 18.2. The van der Waals surface area contributed by atoms with Crippen LogP contribution in [-0.4, -0.2) is 32.5 Å². The highest BCUT2D eigenvalue weighted by Gasteiger charge is 2.17. The topological polar surface area (TPSA) is 124 Å². The largest absolute Gasteiger partial charge is 0.473 e. The Hall–Kier alpha value is -3.38. The van der Waals surface area contributed by atoms with Crippen LogP contribution < -0.4 is 10.1 Å². The average Bonchev–Trinajstić information content (AvgIpc) is 3.25. The highest BCUT2D eigenvalue weighted by atomic mass is 35.7. The number of nitrogens with one attached hydrogen (secondary N) is 1. The molecular formula is C23H17Cl2N3O6S2. The van der Waals surface area contributed by atoms with Gasteiger partial charge in [-0.05, 0) is 48.0 Å². The number of hydrogen-bond acceptors (Lipinski definition) is 7. The van der Waals surface area contributed by atoms with Gasteiger partial charge < -0.3 is 10.1 Å². The first-order valence-corrected chi connectivity index (χ1v) is 14.8. The van der Waals surface area contributed by atoms with Gasteiger partial charge in [-0.15, -0.1) is 5.10 Å². The fourth-order valence-corrected chi connectivity index (χ4v) is 4.82. The van der Waals surface area contributed by atoms with Crippen molar-refractivity contribution >= 4 is 51.2 Å². The van der Waals surface area contributed by atoms with Crippen LogP contribution in [0.5, 0.6) is 5.88 Å². The van der Waals surface area contributed by atoms with Crippen LogP contribution in [0.3, 0.4) is 0 Å². The molecule has 0 saturated heterocycles. The summed E-state index contributed by atoms with van der Waals surface area (Å²) in [6, 6.07) is 21.7. The zero-order valence-corrected chi connectivity index (χ0v) is 21.4. The molecule has 1 aromatic heterocycles. The van der Waals surface area contributed by atoms with E-state index in [4.69, 9.17) is 26.1 Å². The second-order valence-electron chi connectivity index (χ2n) is 7.41. The molecule has 13 heteroatoms. The molecule has 1 N–H and O–H groups in total. The number of halogens is 2. The van der Waals surface area contributed by atoms with E-state index in [2.05, 4.69) is 10.4 Å². The monoisotopic (exact) mass is 565 g/mol. The molecule has 0 saturated carbocycles. The van der Waals surface area contributed by atoms with Crippen molar-refractivity contribution in [3.05, 3.63) is 96.1 Å². The molecule has 36 heavy (non-hydrogen) atoms. The molecular weight excluding hydrogens is 549 g/mol. The number of nitrogens with zero attached hydrogens (tertiary/aromatic N) is 2. The number of aromatic nitrogens is 2. The molecule has 0 unspecified atom stereocenters. The predicted molar refractivity (Wildman–Crippen MR) is 135 cm³/mol. The number of hydrogen-bond donors (Lipinski definition) is 1. The first kappa shape index (κ1) is 25.7. The Morgan fingerprint density at radius 2 is 1.47 bits per heavy atom. The molecule has 4 aromatic rings. The Morgan fingerprint density at radius 1 is 0.833 bits per heavy atom. The van der Waals surface area contributed by atoms with E-state index in [9.17, 15) is 21.6 Å². The number of benzene rings is 3. The molecule has 3 aromatic carbocycles. The normalized spacial score (nSPS) is 11.7. The molecule has 0 radical (unpaired) electrons. The van der Waals surface area contributed by atoms with Gasteiger partial charge in [0.05, 0.1) is 15.5 Å². The molecule has 0 spiro atoms. The quantitative estimate of drug-likeness (QED) is 0.310. The van der Waals surface area contributed by atoms with E-state index >= 15 is 0 Å². The van der Waals surface area contributed by atoms with Crippen LogP contribution in [0, 0.1) is 0 Å². The number of para-hydroxylation sites is 1. The molecule has 4 rings (SSSR count). The lowest BCUT2D eigenvalue weighted by atomic mass is 10.2. The summed E-state index contributed by atoms with van der Waals surface area (Å²) < 4.78 is 53.8. The smallest absolute Gasteiger partial charge is 0.261 e. The molecule has 0 fully saturated rings. The van der Waals surface area contributed by atoms with Crippen molar-refractivity contribution in [2.75, 3.05) is 5.32 Å². The van der Waals surface area contributed by atoms with Crippen LogP contribution >= 0.6 is 21.4 Å². The Morgan fingerprint density at radius 3 is 2.14 bits per heavy atom. The number of ether oxygens (including phenoxy) is 1. The Kier molecular flexibility index (Phi) is 7.36. The maximum absolute atomic E-state index is 12.8. The van der Waals surface area contributed by atoms with Crippen molar-refractivity contribution in [2.24, 2.45) is 0 Å². The summed E-state index contributed by atoms with van der Waals surface area (Å²) in [6.45, 7) is -0.0121. The van der Waals surface area contributed by atoms with E-state index in [1.807, 2.05) is 6.07 Å². The van der Waals surface area contributed by atoms with Gasteiger partial charge in [0.2, 0.25) is 5.88 Å². The van der Waals surface area contributed by atoms with E-state index in [1.54, 1.807) is 36.4 Å². The summed E-state index contributed by atoms with van der Waals surface area (Å²) in [5.41, 5.74) is 1.25. The van der Waals surface area contributed by atoms with E-state index in [-0.39, 0.29) is 33.7 Å². The minimum absolute atomic E-state index is 0.0121. The third kappa shape index (κ3) is 6.24. The molecule has 0 atom stereocenters. The van der Waals surface area contributed by atoms with Gasteiger partial charge in [0.1, 0.15) is 6.61 Å². The van der Waals surface area contributed by atoms with Gasteiger partial charge in [-0.1, -0.05) is 36.4 Å². The third-order valence-corrected chi connectivity index (χ3v) is 7.57. The van der Waals surface area contributed by atoms with Crippen LogP contribution in [-0.2, 0) is 24.7 Å². The number of carbonyl (C=O) groups is 1. The lowest BCUT2D eigenvalue weighted by molar-refractivity contribution is 0.102. The van der Waals surface area contributed by atoms with Crippen molar-refractivity contribution in [1.29, 1.82) is 0 Å². The fourth-order valence-electron chi connectivity index (χ4n) is 3.20. The van der Waals surface area contributed by atoms with Crippen molar-refractivity contribution in [3.8, 4) is 11.6 Å². The van der Waals surface area contributed by atoms with Gasteiger partial charge in [0.25, 0.3) is 24.0 Å². The molecule has 0 aliphatic carbocycles. The Bertz CT molecular complexity index is 1640. The molecule has 1 heterocycles. The lowest BCUT2D eigenvalue weighted by Crippen LogP contribution is -2.13. The standard InChI is InChI=1S/C23H17Cl2N3O6S2/c24-35(30,31)19-10-4-6-16(12-19)15-34-22-14-21(27-28(22)18-8-2-1-3-9-18)26-23(29)17-7-5-11-20(13-17)36(25,32)33/h1-14H,15H2,(H,26,27,29). The minimum Gasteiger partial charge on any atom is -0.473 e. The lowest BCUT2D eigenvalue weighted by Gasteiger charge is -2.09. The van der Waals surface area contributed by atoms with E-state index in [0.29, 0.717) is 11.3 Å². The molecule has 1 amide bonds. The van der Waals surface area contributed by atoms with Crippen LogP contribution in [0.4, 0.5) is 5.82 Å². The Balaban J connectivity index is 1.61. The van der Waals surface area contributed by atoms with Crippen LogP contribution in [0.25, 0.3) is 5.69 Å². The van der Waals surface area contributed by atoms with Crippen LogP contribution in [0.15, 0.2) is 94.7 Å². The summed E-state index contributed by atoms with van der Waals surface area (Å²) in [4.78, 5) is 12.5. The summed E-state index contributed by atoms with van der Waals surface area (Å²) in [5.74, 6) is -0.218. The zero-order chi connectivity index (χ0) is 25.9. The van der Waals surface area contributed by atoms with E-state index in [1.165, 1.54) is 41.1 Å². The summed E-state index contributed by atoms with van der Waals surface area (Å²) in [6.07, 6.45) is 0. The molecule has 186 valence electrons. The fraction of sp³-hybridized carbons (Fsp3) is 0.0435. The van der Waals surface area contributed by atoms with Gasteiger partial charge in [-0.3, -0.25) is 4.79 Å². The van der Waals surface area contributed by atoms with Crippen molar-refractivity contribution < 1.29 is 26.4 Å². The van der Waals surface area contributed by atoms with Gasteiger partial charge in [-0.25, -0.2) is 16.8 Å². The third-order valence-electron chi connectivity index (χ3n) is 4.86. The van der Waals surface area contributed by atoms with Gasteiger partial charge in [0, 0.05) is 33.0 Å². The summed E-state index contributed by atoms with van der Waals surface area (Å²) in [7, 11) is 2.89. The summed E-state index contributed by atoms with van der Waals surface area (Å²) in [5, 5.41) is 6.99. The number of amides is 1. The maximum Gasteiger partial charge on any atom is 0.261 e. The highest BCUT2D eigenvalue weighted by Crippen LogP contribution is 2.25. The van der Waals surface area contributed by atoms with Crippen LogP contribution in [0.2, 0.25) is 0 Å². The second-order valence-corrected chi connectivity index (χ2v) is 12.5. The molecule has 0 aliphatic rings. The van der Waals surface area contributed by atoms with Gasteiger partial charge >= 0.3 is 0 Å². The Labute approximate surface area is 216 Å². The number of rotatable bonds is 8. The molecule has 0 aliphatic heterocycles. The second kappa shape index (κ2) is 10.3. The molecule has 9 nitrogen and oxygen atoms in total. The first-order chi connectivity index (χ1) is 17.0. The van der Waals surface area contributed by atoms with Crippen molar-refractivity contribution in [2.45, 2.75) is 16.4 Å². The highest BCUT2D eigenvalue weighted by molar-refractivity contribution is 8.14. The number of carbonyl (C=O) groups excluding carboxylic acids is 1.